The van der Waals surface area contributed by atoms with Crippen LogP contribution in [0.2, 0.25) is 5.02 Å². The van der Waals surface area contributed by atoms with Gasteiger partial charge in [0.2, 0.25) is 11.8 Å². The molecule has 2 amide bonds. The van der Waals surface area contributed by atoms with Crippen molar-refractivity contribution in [3.05, 3.63) is 120 Å². The smallest absolute Gasteiger partial charge is 0.264 e. The zero-order chi connectivity index (χ0) is 31.7. The van der Waals surface area contributed by atoms with Gasteiger partial charge in [0.1, 0.15) is 24.1 Å². The molecule has 0 bridgehead atoms. The molecule has 230 valence electrons. The minimum Gasteiger partial charge on any atom is -0.457 e. The molecular formula is C34H36ClN3O5S. The van der Waals surface area contributed by atoms with Gasteiger partial charge >= 0.3 is 0 Å². The van der Waals surface area contributed by atoms with Crippen molar-refractivity contribution in [2.45, 2.75) is 38.3 Å². The molecule has 4 rings (SSSR count). The predicted molar refractivity (Wildman–Crippen MR) is 173 cm³/mol. The fourth-order valence-electron chi connectivity index (χ4n) is 4.40. The first-order valence-electron chi connectivity index (χ1n) is 14.3. The topological polar surface area (TPSA) is 96.0 Å². The summed E-state index contributed by atoms with van der Waals surface area (Å²) in [6.45, 7) is 5.46. The summed E-state index contributed by atoms with van der Waals surface area (Å²) in [5.41, 5.74) is 0.892. The molecule has 1 N–H and O–H groups in total. The lowest BCUT2D eigenvalue weighted by molar-refractivity contribution is -0.139. The molecule has 0 saturated heterocycles. The molecule has 0 saturated carbocycles. The van der Waals surface area contributed by atoms with E-state index in [9.17, 15) is 18.0 Å². The highest BCUT2D eigenvalue weighted by atomic mass is 35.5. The maximum atomic E-state index is 14.1. The van der Waals surface area contributed by atoms with E-state index in [1.165, 1.54) is 17.0 Å². The summed E-state index contributed by atoms with van der Waals surface area (Å²) in [5.74, 6) is 0.419. The Balaban J connectivity index is 1.69. The Morgan fingerprint density at radius 3 is 1.98 bits per heavy atom. The monoisotopic (exact) mass is 633 g/mol. The zero-order valence-electron chi connectivity index (χ0n) is 24.9. The maximum absolute atomic E-state index is 14.1. The Morgan fingerprint density at radius 2 is 1.36 bits per heavy atom. The van der Waals surface area contributed by atoms with E-state index in [0.717, 1.165) is 4.31 Å². The van der Waals surface area contributed by atoms with Gasteiger partial charge < -0.3 is 15.0 Å². The van der Waals surface area contributed by atoms with Gasteiger partial charge in [0.05, 0.1) is 10.6 Å². The Labute approximate surface area is 264 Å². The summed E-state index contributed by atoms with van der Waals surface area (Å²) in [6.07, 6.45) is 0. The third-order valence-corrected chi connectivity index (χ3v) is 9.02. The van der Waals surface area contributed by atoms with Gasteiger partial charge in [0.15, 0.2) is 0 Å². The number of halogens is 1. The second-order valence-corrected chi connectivity index (χ2v) is 12.9. The number of hydrogen-bond donors (Lipinski definition) is 1. The lowest BCUT2D eigenvalue weighted by atomic mass is 10.1. The lowest BCUT2D eigenvalue weighted by Crippen LogP contribution is -2.51. The van der Waals surface area contributed by atoms with Crippen molar-refractivity contribution in [2.75, 3.05) is 17.4 Å². The zero-order valence-corrected chi connectivity index (χ0v) is 26.5. The summed E-state index contributed by atoms with van der Waals surface area (Å²) in [7, 11) is -4.18. The van der Waals surface area contributed by atoms with Crippen LogP contribution < -0.4 is 14.4 Å². The van der Waals surface area contributed by atoms with Gasteiger partial charge in [-0.05, 0) is 73.0 Å². The fourth-order valence-corrected chi connectivity index (χ4v) is 6.03. The standard InChI is InChI=1S/C34H36ClN3O5S/c1-25(2)22-36-34(40)26(3)37(23-27-12-10-11-17-32(27)35)33(39)24-38(44(41,42)31-15-8-5-9-16-31)28-18-20-30(21-19-28)43-29-13-6-4-7-14-29/h4-21,25-26H,22-24H2,1-3H3,(H,36,40)/t26-/m1/s1. The van der Waals surface area contributed by atoms with Crippen molar-refractivity contribution in [3.8, 4) is 11.5 Å². The molecule has 8 nitrogen and oxygen atoms in total. The van der Waals surface area contributed by atoms with Gasteiger partial charge in [-0.2, -0.15) is 0 Å². The molecule has 44 heavy (non-hydrogen) atoms. The SMILES string of the molecule is CC(C)CNC(=O)[C@@H](C)N(Cc1ccccc1Cl)C(=O)CN(c1ccc(Oc2ccccc2)cc1)S(=O)(=O)c1ccccc1. The van der Waals surface area contributed by atoms with Crippen LogP contribution in [0.15, 0.2) is 114 Å². The van der Waals surface area contributed by atoms with E-state index >= 15 is 0 Å². The number of ether oxygens (including phenoxy) is 1. The van der Waals surface area contributed by atoms with E-state index in [-0.39, 0.29) is 29.0 Å². The molecule has 0 unspecified atom stereocenters. The minimum absolute atomic E-state index is 0.0118. The van der Waals surface area contributed by atoms with Crippen LogP contribution in [0.1, 0.15) is 26.3 Å². The van der Waals surface area contributed by atoms with Crippen LogP contribution in [0, 0.1) is 5.92 Å². The van der Waals surface area contributed by atoms with Gasteiger partial charge in [0, 0.05) is 18.1 Å². The number of anilines is 1. The number of benzene rings is 4. The highest BCUT2D eigenvalue weighted by Crippen LogP contribution is 2.29. The molecular weight excluding hydrogens is 598 g/mol. The van der Waals surface area contributed by atoms with Gasteiger partial charge in [-0.15, -0.1) is 0 Å². The lowest BCUT2D eigenvalue weighted by Gasteiger charge is -2.32. The van der Waals surface area contributed by atoms with Crippen molar-refractivity contribution < 1.29 is 22.7 Å². The molecule has 10 heteroatoms. The van der Waals surface area contributed by atoms with Crippen LogP contribution in [0.5, 0.6) is 11.5 Å². The minimum atomic E-state index is -4.18. The molecule has 0 aliphatic rings. The second-order valence-electron chi connectivity index (χ2n) is 10.7. The Kier molecular flexibility index (Phi) is 11.0. The summed E-state index contributed by atoms with van der Waals surface area (Å²) in [5, 5.41) is 3.31. The Bertz CT molecular complexity index is 1650. The molecule has 0 spiro atoms. The third-order valence-electron chi connectivity index (χ3n) is 6.86. The van der Waals surface area contributed by atoms with E-state index in [1.807, 2.05) is 44.2 Å². The van der Waals surface area contributed by atoms with Crippen molar-refractivity contribution >= 4 is 39.1 Å². The van der Waals surface area contributed by atoms with E-state index in [4.69, 9.17) is 16.3 Å². The van der Waals surface area contributed by atoms with Crippen LogP contribution in [-0.2, 0) is 26.2 Å². The molecule has 0 aromatic heterocycles. The third kappa shape index (κ3) is 8.39. The maximum Gasteiger partial charge on any atom is 0.264 e. The summed E-state index contributed by atoms with van der Waals surface area (Å²) in [4.78, 5) is 28.6. The van der Waals surface area contributed by atoms with E-state index in [1.54, 1.807) is 73.7 Å². The van der Waals surface area contributed by atoms with Crippen molar-refractivity contribution in [2.24, 2.45) is 5.92 Å². The van der Waals surface area contributed by atoms with Crippen LogP contribution in [-0.4, -0.2) is 44.3 Å². The number of amides is 2. The normalized spacial score (nSPS) is 11.9. The quantitative estimate of drug-likeness (QED) is 0.181. The number of nitrogens with zero attached hydrogens (tertiary/aromatic N) is 2. The van der Waals surface area contributed by atoms with Crippen LogP contribution in [0.3, 0.4) is 0 Å². The van der Waals surface area contributed by atoms with Crippen molar-refractivity contribution in [3.63, 3.8) is 0 Å². The van der Waals surface area contributed by atoms with Crippen LogP contribution in [0.25, 0.3) is 0 Å². The first-order chi connectivity index (χ1) is 21.1. The highest BCUT2D eigenvalue weighted by Gasteiger charge is 2.32. The summed E-state index contributed by atoms with van der Waals surface area (Å²) in [6, 6.07) is 29.7. The molecule has 1 atom stereocenters. The average molecular weight is 634 g/mol. The van der Waals surface area contributed by atoms with Crippen LogP contribution in [0.4, 0.5) is 5.69 Å². The first-order valence-corrected chi connectivity index (χ1v) is 16.1. The fraction of sp³-hybridized carbons (Fsp3) is 0.235. The number of sulfonamides is 1. The average Bonchev–Trinajstić information content (AvgIpc) is 3.03. The molecule has 0 heterocycles. The van der Waals surface area contributed by atoms with Gasteiger partial charge in [0.25, 0.3) is 10.0 Å². The number of hydrogen-bond acceptors (Lipinski definition) is 5. The molecule has 4 aromatic carbocycles. The van der Waals surface area contributed by atoms with E-state index < -0.39 is 28.5 Å². The summed E-state index contributed by atoms with van der Waals surface area (Å²) < 4.78 is 34.9. The number of carbonyl (C=O) groups excluding carboxylic acids is 2. The van der Waals surface area contributed by atoms with Crippen molar-refractivity contribution in [1.82, 2.24) is 10.2 Å². The second kappa shape index (κ2) is 14.9. The predicted octanol–water partition coefficient (Wildman–Crippen LogP) is 6.52. The summed E-state index contributed by atoms with van der Waals surface area (Å²) >= 11 is 6.43. The van der Waals surface area contributed by atoms with Crippen molar-refractivity contribution in [1.29, 1.82) is 0 Å². The molecule has 0 aliphatic carbocycles. The Hall–Kier alpha value is -4.34. The van der Waals surface area contributed by atoms with Gasteiger partial charge in [-0.3, -0.25) is 13.9 Å². The van der Waals surface area contributed by atoms with Gasteiger partial charge in [-0.1, -0.05) is 80.0 Å². The van der Waals surface area contributed by atoms with Crippen LogP contribution >= 0.6 is 11.6 Å². The first kappa shape index (κ1) is 32.6. The number of para-hydroxylation sites is 1. The van der Waals surface area contributed by atoms with E-state index in [2.05, 4.69) is 5.32 Å². The number of nitrogens with one attached hydrogen (secondary N) is 1. The molecule has 0 aliphatic heterocycles. The number of rotatable bonds is 13. The highest BCUT2D eigenvalue weighted by molar-refractivity contribution is 7.92. The van der Waals surface area contributed by atoms with E-state index in [0.29, 0.717) is 28.6 Å². The molecule has 0 fully saturated rings. The Morgan fingerprint density at radius 1 is 0.795 bits per heavy atom. The number of carbonyl (C=O) groups is 2. The molecule has 0 radical (unpaired) electrons. The largest absolute Gasteiger partial charge is 0.457 e. The van der Waals surface area contributed by atoms with Gasteiger partial charge in [-0.25, -0.2) is 8.42 Å². The molecule has 4 aromatic rings.